The third-order valence-electron chi connectivity index (χ3n) is 3.66. The Morgan fingerprint density at radius 1 is 1.44 bits per heavy atom. The van der Waals surface area contributed by atoms with Crippen LogP contribution in [0.5, 0.6) is 0 Å². The number of halogens is 1. The maximum absolute atomic E-state index is 9.26. The van der Waals surface area contributed by atoms with Crippen LogP contribution in [0, 0.1) is 5.41 Å². The molecule has 0 spiro atoms. The van der Waals surface area contributed by atoms with E-state index in [1.54, 1.807) is 0 Å². The molecule has 0 radical (unpaired) electrons. The van der Waals surface area contributed by atoms with Crippen LogP contribution in [0.4, 0.5) is 0 Å². The first-order valence-corrected chi connectivity index (χ1v) is 6.55. The van der Waals surface area contributed by atoms with Gasteiger partial charge < -0.3 is 14.8 Å². The van der Waals surface area contributed by atoms with E-state index in [1.807, 2.05) is 28.8 Å². The van der Waals surface area contributed by atoms with Gasteiger partial charge in [0.05, 0.1) is 5.69 Å². The number of pyridine rings is 1. The SMILES string of the molecule is OCC1(CNCc2c(Cl)nc3ccccn23)CC1. The molecule has 18 heavy (non-hydrogen) atoms. The van der Waals surface area contributed by atoms with Crippen molar-refractivity contribution in [2.75, 3.05) is 13.2 Å². The summed E-state index contributed by atoms with van der Waals surface area (Å²) in [6, 6.07) is 5.84. The van der Waals surface area contributed by atoms with Crippen LogP contribution in [0.2, 0.25) is 5.15 Å². The van der Waals surface area contributed by atoms with Crippen LogP contribution in [0.15, 0.2) is 24.4 Å². The van der Waals surface area contributed by atoms with Gasteiger partial charge in [0.25, 0.3) is 0 Å². The highest BCUT2D eigenvalue weighted by Crippen LogP contribution is 2.44. The van der Waals surface area contributed by atoms with Gasteiger partial charge in [-0.25, -0.2) is 4.98 Å². The van der Waals surface area contributed by atoms with Crippen molar-refractivity contribution >= 4 is 17.2 Å². The minimum absolute atomic E-state index is 0.118. The van der Waals surface area contributed by atoms with Gasteiger partial charge in [-0.05, 0) is 25.0 Å². The fraction of sp³-hybridized carbons (Fsp3) is 0.462. The molecule has 2 aromatic heterocycles. The predicted molar refractivity (Wildman–Crippen MR) is 70.7 cm³/mol. The standard InChI is InChI=1S/C13H16ClN3O/c14-12-10(7-15-8-13(9-18)4-5-13)17-6-2-1-3-11(17)16-12/h1-3,6,15,18H,4-5,7-9H2. The smallest absolute Gasteiger partial charge is 0.152 e. The molecule has 2 aromatic rings. The van der Waals surface area contributed by atoms with Crippen molar-refractivity contribution in [3.8, 4) is 0 Å². The second kappa shape index (κ2) is 4.53. The van der Waals surface area contributed by atoms with Crippen LogP contribution in [0.3, 0.4) is 0 Å². The van der Waals surface area contributed by atoms with Crippen molar-refractivity contribution in [1.29, 1.82) is 0 Å². The molecule has 2 N–H and O–H groups in total. The average Bonchev–Trinajstić information content (AvgIpc) is 3.09. The second-order valence-electron chi connectivity index (χ2n) is 5.04. The molecule has 3 rings (SSSR count). The van der Waals surface area contributed by atoms with E-state index in [4.69, 9.17) is 11.6 Å². The van der Waals surface area contributed by atoms with Crippen LogP contribution in [-0.4, -0.2) is 27.6 Å². The van der Waals surface area contributed by atoms with Crippen molar-refractivity contribution in [3.05, 3.63) is 35.2 Å². The first-order chi connectivity index (χ1) is 8.74. The minimum Gasteiger partial charge on any atom is -0.396 e. The number of rotatable bonds is 5. The molecular formula is C13H16ClN3O. The third-order valence-corrected chi connectivity index (χ3v) is 3.97. The summed E-state index contributed by atoms with van der Waals surface area (Å²) in [7, 11) is 0. The van der Waals surface area contributed by atoms with E-state index in [9.17, 15) is 5.11 Å². The molecule has 1 aliphatic carbocycles. The summed E-state index contributed by atoms with van der Waals surface area (Å²) in [5.74, 6) is 0. The van der Waals surface area contributed by atoms with Gasteiger partial charge in [-0.1, -0.05) is 17.7 Å². The number of nitrogens with zero attached hydrogens (tertiary/aromatic N) is 2. The highest BCUT2D eigenvalue weighted by atomic mass is 35.5. The fourth-order valence-electron chi connectivity index (χ4n) is 2.19. The fourth-order valence-corrected chi connectivity index (χ4v) is 2.43. The Morgan fingerprint density at radius 2 is 2.28 bits per heavy atom. The number of fused-ring (bicyclic) bond motifs is 1. The molecule has 1 saturated carbocycles. The van der Waals surface area contributed by atoms with E-state index in [2.05, 4.69) is 10.3 Å². The largest absolute Gasteiger partial charge is 0.396 e. The number of nitrogens with one attached hydrogen (secondary N) is 1. The van der Waals surface area contributed by atoms with E-state index < -0.39 is 0 Å². The Labute approximate surface area is 111 Å². The van der Waals surface area contributed by atoms with Gasteiger partial charge in [-0.3, -0.25) is 0 Å². The highest BCUT2D eigenvalue weighted by Gasteiger charge is 2.41. The summed E-state index contributed by atoms with van der Waals surface area (Å²) >= 11 is 6.15. The first-order valence-electron chi connectivity index (χ1n) is 6.17. The predicted octanol–water partition coefficient (Wildman–Crippen LogP) is 1.85. The quantitative estimate of drug-likeness (QED) is 0.868. The molecule has 0 aromatic carbocycles. The maximum atomic E-state index is 9.26. The van der Waals surface area contributed by atoms with Gasteiger partial charge in [0.2, 0.25) is 0 Å². The molecule has 1 aliphatic rings. The zero-order valence-electron chi connectivity index (χ0n) is 10.1. The summed E-state index contributed by atoms with van der Waals surface area (Å²) in [5, 5.41) is 13.2. The number of aliphatic hydroxyl groups is 1. The van der Waals surface area contributed by atoms with E-state index in [0.29, 0.717) is 11.7 Å². The van der Waals surface area contributed by atoms with Crippen molar-refractivity contribution in [1.82, 2.24) is 14.7 Å². The lowest BCUT2D eigenvalue weighted by atomic mass is 10.1. The molecule has 1 fully saturated rings. The molecule has 0 atom stereocenters. The van der Waals surface area contributed by atoms with Crippen molar-refractivity contribution in [3.63, 3.8) is 0 Å². The lowest BCUT2D eigenvalue weighted by Crippen LogP contribution is -2.26. The van der Waals surface area contributed by atoms with Crippen LogP contribution in [0.25, 0.3) is 5.65 Å². The topological polar surface area (TPSA) is 49.6 Å². The zero-order valence-corrected chi connectivity index (χ0v) is 10.8. The Morgan fingerprint density at radius 3 is 3.00 bits per heavy atom. The van der Waals surface area contributed by atoms with Crippen LogP contribution in [0.1, 0.15) is 18.5 Å². The highest BCUT2D eigenvalue weighted by molar-refractivity contribution is 6.30. The summed E-state index contributed by atoms with van der Waals surface area (Å²) in [6.07, 6.45) is 4.18. The number of hydrogen-bond acceptors (Lipinski definition) is 3. The van der Waals surface area contributed by atoms with Crippen LogP contribution < -0.4 is 5.32 Å². The van der Waals surface area contributed by atoms with E-state index in [0.717, 1.165) is 30.7 Å². The lowest BCUT2D eigenvalue weighted by Gasteiger charge is -2.12. The first kappa shape index (κ1) is 12.0. The van der Waals surface area contributed by atoms with E-state index >= 15 is 0 Å². The van der Waals surface area contributed by atoms with Crippen molar-refractivity contribution in [2.24, 2.45) is 5.41 Å². The molecule has 96 valence electrons. The Hall–Kier alpha value is -1.10. The molecular weight excluding hydrogens is 250 g/mol. The molecule has 2 heterocycles. The summed E-state index contributed by atoms with van der Waals surface area (Å²) < 4.78 is 1.99. The van der Waals surface area contributed by atoms with Crippen LogP contribution in [-0.2, 0) is 6.54 Å². The van der Waals surface area contributed by atoms with Crippen molar-refractivity contribution < 1.29 is 5.11 Å². The Kier molecular flexibility index (Phi) is 3.01. The van der Waals surface area contributed by atoms with Gasteiger partial charge in [-0.15, -0.1) is 0 Å². The number of imidazole rings is 1. The zero-order chi connectivity index (χ0) is 12.6. The van der Waals surface area contributed by atoms with E-state index in [-0.39, 0.29) is 12.0 Å². The Bertz CT molecular complexity index is 562. The minimum atomic E-state index is 0.118. The Balaban J connectivity index is 1.72. The number of aliphatic hydroxyl groups excluding tert-OH is 1. The van der Waals surface area contributed by atoms with Crippen LogP contribution >= 0.6 is 11.6 Å². The molecule has 0 amide bonds. The molecule has 0 bridgehead atoms. The number of hydrogen-bond donors (Lipinski definition) is 2. The monoisotopic (exact) mass is 265 g/mol. The molecule has 0 saturated heterocycles. The molecule has 5 heteroatoms. The summed E-state index contributed by atoms with van der Waals surface area (Å²) in [6.45, 7) is 1.77. The second-order valence-corrected chi connectivity index (χ2v) is 5.40. The van der Waals surface area contributed by atoms with Gasteiger partial charge in [0.1, 0.15) is 5.65 Å². The van der Waals surface area contributed by atoms with Gasteiger partial charge in [-0.2, -0.15) is 0 Å². The summed E-state index contributed by atoms with van der Waals surface area (Å²) in [5.41, 5.74) is 1.95. The van der Waals surface area contributed by atoms with Gasteiger partial charge in [0, 0.05) is 31.3 Å². The average molecular weight is 266 g/mol. The van der Waals surface area contributed by atoms with E-state index in [1.165, 1.54) is 0 Å². The van der Waals surface area contributed by atoms with Gasteiger partial charge in [0.15, 0.2) is 5.15 Å². The summed E-state index contributed by atoms with van der Waals surface area (Å²) in [4.78, 5) is 4.30. The van der Waals surface area contributed by atoms with Gasteiger partial charge >= 0.3 is 0 Å². The molecule has 4 nitrogen and oxygen atoms in total. The molecule has 0 aliphatic heterocycles. The molecule has 0 unspecified atom stereocenters. The van der Waals surface area contributed by atoms with Crippen molar-refractivity contribution in [2.45, 2.75) is 19.4 Å². The lowest BCUT2D eigenvalue weighted by molar-refractivity contribution is 0.207. The maximum Gasteiger partial charge on any atom is 0.152 e. The normalized spacial score (nSPS) is 17.2. The third kappa shape index (κ3) is 2.11. The number of aromatic nitrogens is 2.